The molecule has 6 aromatic heterocycles. The number of urea groups is 2. The summed E-state index contributed by atoms with van der Waals surface area (Å²) in [5.74, 6) is -4.93. The van der Waals surface area contributed by atoms with Gasteiger partial charge < -0.3 is 98.3 Å². The zero-order chi connectivity index (χ0) is 99.3. The molecule has 50 heteroatoms. The van der Waals surface area contributed by atoms with Crippen LogP contribution >= 0.6 is 10.7 Å². The number of aromatic nitrogens is 12. The monoisotopic (exact) mass is 1990 g/mol. The lowest BCUT2D eigenvalue weighted by molar-refractivity contribution is -0.199. The van der Waals surface area contributed by atoms with Gasteiger partial charge in [-0.25, -0.2) is 69.2 Å². The Morgan fingerprint density at radius 2 is 0.731 bits per heavy atom. The van der Waals surface area contributed by atoms with Crippen molar-refractivity contribution in [1.29, 1.82) is 0 Å². The van der Waals surface area contributed by atoms with Crippen molar-refractivity contribution in [3.05, 3.63) is 38.0 Å². The van der Waals surface area contributed by atoms with E-state index in [-0.39, 0.29) is 126 Å². The van der Waals surface area contributed by atoms with Crippen LogP contribution in [0.15, 0.2) is 38.0 Å². The molecule has 12 rings (SSSR count). The molecule has 6 aromatic rings. The smallest absolute Gasteiger partial charge is 0.329 e. The lowest BCUT2D eigenvalue weighted by Gasteiger charge is -2.25. The Hall–Kier alpha value is -8.77. The van der Waals surface area contributed by atoms with Crippen molar-refractivity contribution in [3.8, 4) is 0 Å². The molecule has 4 amide bonds. The molecule has 0 spiro atoms. The van der Waals surface area contributed by atoms with E-state index >= 15 is 0 Å². The summed E-state index contributed by atoms with van der Waals surface area (Å²) >= 11 is 8.25. The minimum atomic E-state index is -3.69. The van der Waals surface area contributed by atoms with Crippen LogP contribution in [0.3, 0.4) is 0 Å². The molecule has 134 heavy (non-hydrogen) atoms. The summed E-state index contributed by atoms with van der Waals surface area (Å²) in [6.07, 6.45) is 5.94. The van der Waals surface area contributed by atoms with Crippen LogP contribution in [0.25, 0.3) is 33.5 Å². The van der Waals surface area contributed by atoms with E-state index in [0.717, 1.165) is 21.7 Å². The van der Waals surface area contributed by atoms with Gasteiger partial charge in [0.15, 0.2) is 81.5 Å². The number of ether oxygens (including phenoxy) is 15. The van der Waals surface area contributed by atoms with Gasteiger partial charge in [0.05, 0.1) is 37.8 Å². The zero-order valence-corrected chi connectivity index (χ0v) is 83.3. The minimum absolute atomic E-state index is 0. The number of rotatable bonds is 22. The molecule has 45 nitrogen and oxygen atoms in total. The molecule has 0 bridgehead atoms. The molecule has 0 aliphatic carbocycles. The van der Waals surface area contributed by atoms with Crippen LogP contribution in [-0.4, -0.2) is 251 Å². The summed E-state index contributed by atoms with van der Waals surface area (Å²) in [5, 5.41) is 24.3. The van der Waals surface area contributed by atoms with E-state index in [2.05, 4.69) is 111 Å². The molecule has 11 N–H and O–H groups in total. The lowest BCUT2D eigenvalue weighted by Crippen LogP contribution is -2.46. The highest BCUT2D eigenvalue weighted by molar-refractivity contribution is 8.37. The van der Waals surface area contributed by atoms with E-state index in [9.17, 15) is 51.9 Å². The Morgan fingerprint density at radius 3 is 1.04 bits per heavy atom. The summed E-state index contributed by atoms with van der Waals surface area (Å²) in [7, 11) is 1.50. The Morgan fingerprint density at radius 1 is 0.463 bits per heavy atom. The number of anilines is 3. The molecule has 6 fully saturated rings. The van der Waals surface area contributed by atoms with Gasteiger partial charge in [-0.05, 0) is 198 Å². The van der Waals surface area contributed by atoms with Gasteiger partial charge in [0.1, 0.15) is 119 Å². The van der Waals surface area contributed by atoms with E-state index in [0.29, 0.717) is 33.8 Å². The van der Waals surface area contributed by atoms with Gasteiger partial charge in [-0.1, -0.05) is 28.7 Å². The van der Waals surface area contributed by atoms with Gasteiger partial charge in [-0.15, -0.1) is 0 Å². The van der Waals surface area contributed by atoms with E-state index in [1.165, 1.54) is 25.3 Å². The quantitative estimate of drug-likeness (QED) is 0.0178. The Bertz CT molecular complexity index is 4950. The van der Waals surface area contributed by atoms with Crippen LogP contribution in [-0.2, 0) is 140 Å². The molecular weight excluding hydrogens is 1850 g/mol. The number of nitrogens with two attached hydrogens (primary N) is 3. The summed E-state index contributed by atoms with van der Waals surface area (Å²) in [6.45, 7) is 46.3. The lowest BCUT2D eigenvalue weighted by atomic mass is 10.1. The second-order valence-corrected chi connectivity index (χ2v) is 42.5. The van der Waals surface area contributed by atoms with E-state index in [4.69, 9.17) is 82.5 Å². The largest absolute Gasteiger partial charge is 0.460 e. The fraction of sp³-hybridized carbons (Fsp3) is 0.726. The number of imidazole rings is 3. The van der Waals surface area contributed by atoms with Gasteiger partial charge in [-0.2, -0.15) is 8.42 Å². The van der Waals surface area contributed by atoms with Crippen LogP contribution in [0.2, 0.25) is 0 Å². The first-order valence-corrected chi connectivity index (χ1v) is 47.6. The normalized spacial score (nSPS) is 23.1. The Kier molecular flexibility index (Phi) is 40.6. The second kappa shape index (κ2) is 47.1. The van der Waals surface area contributed by atoms with Crippen molar-refractivity contribution < 1.29 is 123 Å². The number of hydrogen-bond donors (Lipinski definition) is 8. The number of aliphatic hydroxyl groups is 1. The maximum Gasteiger partial charge on any atom is 0.329 e. The summed E-state index contributed by atoms with van der Waals surface area (Å²) in [5.41, 5.74) is 9.96. The molecule has 754 valence electrons. The number of esters is 6. The highest BCUT2D eigenvalue weighted by Gasteiger charge is 2.59. The van der Waals surface area contributed by atoms with Crippen molar-refractivity contribution >= 4 is 150 Å². The minimum Gasteiger partial charge on any atom is -0.460 e. The number of nitrogens with zero attached hydrogens (tertiary/aromatic N) is 12. The number of nitrogen functional groups attached to an aromatic ring is 1. The highest BCUT2D eigenvalue weighted by Crippen LogP contribution is 2.48. The topological polar surface area (TPSA) is 586 Å². The van der Waals surface area contributed by atoms with Gasteiger partial charge in [0, 0.05) is 61.2 Å². The Labute approximate surface area is 798 Å². The molecule has 0 aromatic carbocycles. The van der Waals surface area contributed by atoms with E-state index < -0.39 is 151 Å². The predicted octanol–water partition coefficient (Wildman–Crippen LogP) is 9.50. The molecule has 6 aliphatic rings. The van der Waals surface area contributed by atoms with Gasteiger partial charge >= 0.3 is 47.9 Å². The Balaban J connectivity index is 0.000000321. The number of carbonyl (C=O) groups excluding carboxylic acids is 8. The first kappa shape index (κ1) is 116. The molecule has 12 heterocycles. The standard InChI is InChI=1S/C28H42N6O8.C27H40N6O9.C14H19N5O3.C13H25NO4.2CH4.ClH2NO2S.S3/c1-10-16-19-20(41-28(8,9)40-19)23(38-16)34-14-31-18-21(29-13-30-22(18)34)33-25(37)32-15(24(36)42-27(5,6)7)11-12-17(35)39-26(2,3)4;1-25(2,3)39-16(35)10-9-14(23(36)42-26(4,5)6)31-24(37)32-20-17-21(29-12-28-20)33(13-30-17)22-19-18(15(11-34)38-22)40-27(7,8)41-19;1-4-7-9-10(22-14(2,3)21-9)13(20-7)19-6-18-8-11(15)16-5-17-12(8)19;1-12(2,3)17-10(15)8-7-9(14)11(16)18-13(4,5)6;;;1-5(2,3)4;1-3-2/h13-16,19-20,23H,10-12H2,1-9H3,(H2,29,30,32,33,37);12-15,18-19,22,34H,9-11H2,1-8H3,(H2,28,29,31,32,37);5-7,9-10,13H,4H2,1-3H3,(H2,15,16,17);9H,7-8,14H2,1-6H3;2*1H4;(H2,2,3,4);/t15-,16+,19+,20+,23+;14-,15+,18+,19+,22+;7-,9-,10-,13-;9-;;;;/m0010..../s1. The average Bonchev–Trinajstić information content (AvgIpc) is 1.60. The maximum atomic E-state index is 13.1. The molecular formula is C84H136ClN19O26S4. The summed E-state index contributed by atoms with van der Waals surface area (Å²) in [4.78, 5) is 138. The fourth-order valence-corrected chi connectivity index (χ4v) is 14.1. The summed E-state index contributed by atoms with van der Waals surface area (Å²) in [6, 6.07) is -4.56. The number of hydrogen-bond acceptors (Lipinski definition) is 39. The molecule has 6 saturated heterocycles. The zero-order valence-electron chi connectivity index (χ0n) is 79.3. The third kappa shape index (κ3) is 35.0. The summed E-state index contributed by atoms with van der Waals surface area (Å²) < 4.78 is 110. The molecule has 0 unspecified atom stereocenters. The average molecular weight is 1990 g/mol. The highest BCUT2D eigenvalue weighted by atomic mass is 35.7. The SMILES string of the molecule is C.C.CC(C)(C)OC(=O)CC[C@H](N)C(=O)OC(C)(C)C.CC(C)(C)OC(=O)CC[C@H](NC(=O)Nc1ncnc2c1ncn2[C@@H]1O[C@H](CO)[C@H]2OC(C)(C)O[C@H]21)C(=O)OC(C)(C)C.CC[C@H]1O[C@@H](n2cnc3c(N)ncnc32)[C@@H]2OC(C)(C)O[C@@H]21.CC[C@H]1O[C@@H](n2cnc3c(NC(=O)N[C@@H](CCC(=O)OC(C)(C)C)C(=O)OC(C)(C)C)ncnc32)[C@@H]2OC(C)(C)O[C@@H]21.NS(=O)(=O)Cl.S=S=S. The van der Waals surface area contributed by atoms with E-state index in [1.54, 1.807) is 160 Å². The van der Waals surface area contributed by atoms with Crippen LogP contribution in [0.4, 0.5) is 27.0 Å². The van der Waals surface area contributed by atoms with E-state index in [1.807, 2.05) is 39.2 Å². The van der Waals surface area contributed by atoms with Gasteiger partial charge in [0.2, 0.25) is 0 Å². The van der Waals surface area contributed by atoms with Crippen molar-refractivity contribution in [2.24, 2.45) is 10.9 Å². The fourth-order valence-electron chi connectivity index (χ4n) is 14.1. The number of nitrogens with one attached hydrogen (secondary N) is 4. The molecule has 15 atom stereocenters. The van der Waals surface area contributed by atoms with Crippen LogP contribution < -0.4 is 37.9 Å². The number of carbonyl (C=O) groups is 8. The number of halogens is 1. The van der Waals surface area contributed by atoms with Crippen LogP contribution in [0.5, 0.6) is 0 Å². The maximum absolute atomic E-state index is 13.1. The van der Waals surface area contributed by atoms with Crippen molar-refractivity contribution in [2.75, 3.05) is 23.0 Å². The molecule has 6 aliphatic heterocycles. The molecule has 0 saturated carbocycles. The van der Waals surface area contributed by atoms with Crippen LogP contribution in [0.1, 0.15) is 265 Å². The van der Waals surface area contributed by atoms with Crippen molar-refractivity contribution in [3.63, 3.8) is 0 Å². The van der Waals surface area contributed by atoms with Crippen molar-refractivity contribution in [2.45, 2.75) is 389 Å². The number of fused-ring (bicyclic) bond motifs is 6. The van der Waals surface area contributed by atoms with Crippen LogP contribution in [0, 0.1) is 0 Å². The predicted molar refractivity (Wildman–Crippen MR) is 498 cm³/mol. The third-order valence-corrected chi connectivity index (χ3v) is 18.6. The third-order valence-electron chi connectivity index (χ3n) is 18.6. The number of aliphatic hydroxyl groups excluding tert-OH is 1. The second-order valence-electron chi connectivity index (χ2n) is 38.5. The van der Waals surface area contributed by atoms with Gasteiger partial charge in [-0.3, -0.25) is 43.5 Å². The first-order chi connectivity index (χ1) is 60.7. The molecule has 0 radical (unpaired) electrons. The first-order valence-electron chi connectivity index (χ1n) is 42.6. The van der Waals surface area contributed by atoms with Crippen molar-refractivity contribution in [1.82, 2.24) is 69.2 Å². The number of amides is 4. The van der Waals surface area contributed by atoms with Gasteiger partial charge in [0.25, 0.3) is 9.24 Å².